The Bertz CT molecular complexity index is 627. The highest BCUT2D eigenvalue weighted by molar-refractivity contribution is 7.13. The third-order valence-electron chi connectivity index (χ3n) is 2.78. The molecule has 0 radical (unpaired) electrons. The molecule has 2 rings (SSSR count). The van der Waals surface area contributed by atoms with Crippen LogP contribution in [0.5, 0.6) is 0 Å². The molecule has 0 aliphatic carbocycles. The molecule has 2 aromatic rings. The molecule has 22 heavy (non-hydrogen) atoms. The molecule has 0 saturated carbocycles. The fourth-order valence-corrected chi connectivity index (χ4v) is 2.92. The second kappa shape index (κ2) is 8.27. The van der Waals surface area contributed by atoms with Crippen LogP contribution < -0.4 is 0 Å². The van der Waals surface area contributed by atoms with Gasteiger partial charge in [-0.15, -0.1) is 11.3 Å². The van der Waals surface area contributed by atoms with E-state index in [-0.39, 0.29) is 25.1 Å². The Morgan fingerprint density at radius 2 is 2.09 bits per heavy atom. The third kappa shape index (κ3) is 5.09. The van der Waals surface area contributed by atoms with Gasteiger partial charge in [0.15, 0.2) is 0 Å². The van der Waals surface area contributed by atoms with Gasteiger partial charge in [0.2, 0.25) is 0 Å². The lowest BCUT2D eigenvalue weighted by molar-refractivity contribution is -0.144. The Hall–Kier alpha value is -1.43. The van der Waals surface area contributed by atoms with Crippen LogP contribution in [0.3, 0.4) is 0 Å². The molecule has 0 saturated heterocycles. The van der Waals surface area contributed by atoms with Gasteiger partial charge in [-0.25, -0.2) is 4.98 Å². The van der Waals surface area contributed by atoms with Crippen LogP contribution in [0.25, 0.3) is 10.6 Å². The molecule has 6 heteroatoms. The van der Waals surface area contributed by atoms with Crippen molar-refractivity contribution in [2.75, 3.05) is 13.2 Å². The largest absolute Gasteiger partial charge is 0.463 e. The van der Waals surface area contributed by atoms with Crippen LogP contribution >= 0.6 is 22.9 Å². The molecular formula is C16H18ClNO3S. The topological polar surface area (TPSA) is 48.4 Å². The van der Waals surface area contributed by atoms with Gasteiger partial charge in [0.25, 0.3) is 0 Å². The van der Waals surface area contributed by atoms with Crippen LogP contribution in [0.2, 0.25) is 5.02 Å². The van der Waals surface area contributed by atoms with Gasteiger partial charge in [0, 0.05) is 10.9 Å². The zero-order valence-corrected chi connectivity index (χ0v) is 14.1. The van der Waals surface area contributed by atoms with E-state index < -0.39 is 0 Å². The summed E-state index contributed by atoms with van der Waals surface area (Å²) in [4.78, 5) is 16.2. The first-order valence-corrected chi connectivity index (χ1v) is 8.28. The maximum Gasteiger partial charge on any atom is 0.311 e. The van der Waals surface area contributed by atoms with E-state index in [0.717, 1.165) is 10.6 Å². The molecule has 0 atom stereocenters. The summed E-state index contributed by atoms with van der Waals surface area (Å²) in [5.74, 6) is -0.302. The van der Waals surface area contributed by atoms with Crippen molar-refractivity contribution in [3.05, 3.63) is 40.4 Å². The second-order valence-corrected chi connectivity index (χ2v) is 6.21. The van der Waals surface area contributed by atoms with Crippen molar-refractivity contribution in [1.82, 2.24) is 4.98 Å². The number of hydrogen-bond acceptors (Lipinski definition) is 5. The molecule has 0 amide bonds. The Morgan fingerprint density at radius 1 is 1.32 bits per heavy atom. The monoisotopic (exact) mass is 339 g/mol. The second-order valence-electron chi connectivity index (χ2n) is 4.94. The van der Waals surface area contributed by atoms with E-state index in [1.165, 1.54) is 11.3 Å². The number of rotatable bonds is 7. The number of nitrogens with zero attached hydrogens (tertiary/aromatic N) is 1. The van der Waals surface area contributed by atoms with Gasteiger partial charge in [-0.2, -0.15) is 0 Å². The lowest BCUT2D eigenvalue weighted by atomic mass is 10.2. The van der Waals surface area contributed by atoms with E-state index in [9.17, 15) is 4.79 Å². The Morgan fingerprint density at radius 3 is 2.82 bits per heavy atom. The van der Waals surface area contributed by atoms with Crippen molar-refractivity contribution in [2.24, 2.45) is 0 Å². The molecule has 0 spiro atoms. The quantitative estimate of drug-likeness (QED) is 0.565. The van der Waals surface area contributed by atoms with E-state index in [2.05, 4.69) is 4.98 Å². The van der Waals surface area contributed by atoms with Crippen molar-refractivity contribution in [3.63, 3.8) is 0 Å². The van der Waals surface area contributed by atoms with Crippen LogP contribution in [0, 0.1) is 0 Å². The highest BCUT2D eigenvalue weighted by Gasteiger charge is 2.11. The van der Waals surface area contributed by atoms with Crippen molar-refractivity contribution in [1.29, 1.82) is 0 Å². The maximum absolute atomic E-state index is 11.7. The van der Waals surface area contributed by atoms with Crippen molar-refractivity contribution < 1.29 is 14.3 Å². The summed E-state index contributed by atoms with van der Waals surface area (Å²) in [5, 5.41) is 3.30. The smallest absolute Gasteiger partial charge is 0.311 e. The third-order valence-corrected chi connectivity index (χ3v) is 4.03. The lowest BCUT2D eigenvalue weighted by Crippen LogP contribution is -2.15. The van der Waals surface area contributed by atoms with Crippen molar-refractivity contribution >= 4 is 28.9 Å². The van der Waals surface area contributed by atoms with Crippen LogP contribution in [0.15, 0.2) is 29.6 Å². The minimum absolute atomic E-state index is 0.135. The van der Waals surface area contributed by atoms with Crippen molar-refractivity contribution in [2.45, 2.75) is 26.4 Å². The predicted molar refractivity (Wildman–Crippen MR) is 88.3 cm³/mol. The number of esters is 1. The first-order valence-electron chi connectivity index (χ1n) is 7.03. The Labute approximate surface area is 139 Å². The fourth-order valence-electron chi connectivity index (χ4n) is 1.78. The summed E-state index contributed by atoms with van der Waals surface area (Å²) in [6, 6.07) is 7.51. The van der Waals surface area contributed by atoms with Gasteiger partial charge in [-0.05, 0) is 19.9 Å². The molecule has 0 aliphatic heterocycles. The van der Waals surface area contributed by atoms with Gasteiger partial charge < -0.3 is 9.47 Å². The van der Waals surface area contributed by atoms with Gasteiger partial charge in [0.1, 0.15) is 11.6 Å². The lowest BCUT2D eigenvalue weighted by Gasteiger charge is -2.07. The average molecular weight is 340 g/mol. The first-order chi connectivity index (χ1) is 10.6. The molecule has 1 aromatic carbocycles. The Kier molecular flexibility index (Phi) is 6.36. The normalized spacial score (nSPS) is 10.9. The molecule has 0 aliphatic rings. The SMILES string of the molecule is CC(C)OCCOC(=O)Cc1csc(-c2ccccc2Cl)n1. The van der Waals surface area contributed by atoms with Gasteiger partial charge in [-0.1, -0.05) is 29.8 Å². The minimum Gasteiger partial charge on any atom is -0.463 e. The van der Waals surface area contributed by atoms with E-state index in [0.29, 0.717) is 17.3 Å². The fraction of sp³-hybridized carbons (Fsp3) is 0.375. The summed E-state index contributed by atoms with van der Waals surface area (Å²) in [6.45, 7) is 4.55. The Balaban J connectivity index is 1.87. The van der Waals surface area contributed by atoms with Crippen LogP contribution in [0.4, 0.5) is 0 Å². The number of halogens is 1. The van der Waals surface area contributed by atoms with Crippen LogP contribution in [-0.2, 0) is 20.7 Å². The predicted octanol–water partition coefficient (Wildman–Crippen LogP) is 3.97. The average Bonchev–Trinajstić information content (AvgIpc) is 2.92. The molecule has 0 unspecified atom stereocenters. The number of aromatic nitrogens is 1. The van der Waals surface area contributed by atoms with E-state index in [4.69, 9.17) is 21.1 Å². The molecule has 118 valence electrons. The van der Waals surface area contributed by atoms with Crippen LogP contribution in [-0.4, -0.2) is 30.3 Å². The standard InChI is InChI=1S/C16H18ClNO3S/c1-11(2)20-7-8-21-15(19)9-12-10-22-16(18-12)13-5-3-4-6-14(13)17/h3-6,10-11H,7-9H2,1-2H3. The van der Waals surface area contributed by atoms with Crippen molar-refractivity contribution in [3.8, 4) is 10.6 Å². The highest BCUT2D eigenvalue weighted by atomic mass is 35.5. The molecule has 1 aromatic heterocycles. The number of thiazole rings is 1. The summed E-state index contributed by atoms with van der Waals surface area (Å²) in [7, 11) is 0. The first kappa shape index (κ1) is 16.9. The summed E-state index contributed by atoms with van der Waals surface area (Å²) >= 11 is 7.61. The number of hydrogen-bond donors (Lipinski definition) is 0. The molecular weight excluding hydrogens is 322 g/mol. The van der Waals surface area contributed by atoms with Gasteiger partial charge in [-0.3, -0.25) is 4.79 Å². The molecule has 0 fully saturated rings. The van der Waals surface area contributed by atoms with E-state index >= 15 is 0 Å². The molecule has 4 nitrogen and oxygen atoms in total. The number of carbonyl (C=O) groups excluding carboxylic acids is 1. The minimum atomic E-state index is -0.302. The summed E-state index contributed by atoms with van der Waals surface area (Å²) in [6.07, 6.45) is 0.290. The van der Waals surface area contributed by atoms with Crippen LogP contribution in [0.1, 0.15) is 19.5 Å². The van der Waals surface area contributed by atoms with E-state index in [1.54, 1.807) is 0 Å². The summed E-state index contributed by atoms with van der Waals surface area (Å²) < 4.78 is 10.4. The number of ether oxygens (including phenoxy) is 2. The maximum atomic E-state index is 11.7. The number of carbonyl (C=O) groups is 1. The molecule has 0 N–H and O–H groups in total. The van der Waals surface area contributed by atoms with Gasteiger partial charge >= 0.3 is 5.97 Å². The van der Waals surface area contributed by atoms with E-state index in [1.807, 2.05) is 43.5 Å². The zero-order chi connectivity index (χ0) is 15.9. The molecule has 0 bridgehead atoms. The highest BCUT2D eigenvalue weighted by Crippen LogP contribution is 2.30. The zero-order valence-electron chi connectivity index (χ0n) is 12.5. The van der Waals surface area contributed by atoms with Gasteiger partial charge in [0.05, 0.1) is 29.8 Å². The number of benzene rings is 1. The summed E-state index contributed by atoms with van der Waals surface area (Å²) in [5.41, 5.74) is 1.56. The molecule has 1 heterocycles.